The maximum absolute atomic E-state index is 11.8. The number of nitrogens with one attached hydrogen (secondary N) is 3. The van der Waals surface area contributed by atoms with E-state index in [4.69, 9.17) is 4.74 Å². The molecule has 3 N–H and O–H groups in total. The molecule has 0 aromatic heterocycles. The minimum atomic E-state index is -0.400. The fraction of sp³-hybridized carbons (Fsp3) is 0.857. The Hall–Kier alpha value is -1.50. The van der Waals surface area contributed by atoms with Gasteiger partial charge in [0.15, 0.2) is 0 Å². The highest BCUT2D eigenvalue weighted by Gasteiger charge is 2.26. The molecule has 0 atom stereocenters. The van der Waals surface area contributed by atoms with Crippen LogP contribution in [0.2, 0.25) is 0 Å². The van der Waals surface area contributed by atoms with Crippen LogP contribution in [0.1, 0.15) is 38.5 Å². The lowest BCUT2D eigenvalue weighted by Gasteiger charge is -2.29. The van der Waals surface area contributed by atoms with E-state index in [0.29, 0.717) is 0 Å². The topological polar surface area (TPSA) is 88.7 Å². The summed E-state index contributed by atoms with van der Waals surface area (Å²) in [6, 6.07) is 0.334. The first-order valence-electron chi connectivity index (χ1n) is 7.69. The summed E-state index contributed by atoms with van der Waals surface area (Å²) in [6.45, 7) is 1.88. The number of hydrogen-bond donors (Lipinski definition) is 3. The van der Waals surface area contributed by atoms with Gasteiger partial charge in [-0.1, -0.05) is 0 Å². The first kappa shape index (κ1) is 15.9. The molecule has 2 fully saturated rings. The van der Waals surface area contributed by atoms with Crippen molar-refractivity contribution < 1.29 is 19.1 Å². The summed E-state index contributed by atoms with van der Waals surface area (Å²) in [5.74, 6) is 0. The van der Waals surface area contributed by atoms with Crippen molar-refractivity contribution >= 4 is 12.2 Å². The SMILES string of the molecule is COC(=O)NC1CCC(OC(=O)NC2CCNCC2)CC1. The Balaban J connectivity index is 1.63. The van der Waals surface area contributed by atoms with Crippen LogP contribution in [-0.4, -0.2) is 50.6 Å². The minimum Gasteiger partial charge on any atom is -0.453 e. The van der Waals surface area contributed by atoms with Crippen LogP contribution in [0, 0.1) is 0 Å². The number of carbonyl (C=O) groups is 2. The Bertz CT molecular complexity index is 350. The molecule has 0 bridgehead atoms. The molecule has 7 nitrogen and oxygen atoms in total. The summed E-state index contributed by atoms with van der Waals surface area (Å²) >= 11 is 0. The van der Waals surface area contributed by atoms with Gasteiger partial charge in [-0.3, -0.25) is 0 Å². The normalized spacial score (nSPS) is 26.7. The van der Waals surface area contributed by atoms with Crippen molar-refractivity contribution in [3.8, 4) is 0 Å². The zero-order valence-corrected chi connectivity index (χ0v) is 12.5. The van der Waals surface area contributed by atoms with Gasteiger partial charge in [0.1, 0.15) is 6.10 Å². The van der Waals surface area contributed by atoms with Crippen LogP contribution in [-0.2, 0) is 9.47 Å². The molecule has 0 aromatic carbocycles. The van der Waals surface area contributed by atoms with Crippen molar-refractivity contribution in [2.75, 3.05) is 20.2 Å². The van der Waals surface area contributed by atoms with Gasteiger partial charge in [-0.05, 0) is 51.6 Å². The molecule has 1 saturated heterocycles. The molecule has 0 unspecified atom stereocenters. The van der Waals surface area contributed by atoms with Crippen molar-refractivity contribution in [1.29, 1.82) is 0 Å². The summed E-state index contributed by atoms with van der Waals surface area (Å²) in [7, 11) is 1.36. The summed E-state index contributed by atoms with van der Waals surface area (Å²) in [4.78, 5) is 23.0. The first-order valence-corrected chi connectivity index (χ1v) is 7.69. The average Bonchev–Trinajstić information content (AvgIpc) is 2.50. The third-order valence-corrected chi connectivity index (χ3v) is 4.12. The van der Waals surface area contributed by atoms with Crippen LogP contribution in [0.15, 0.2) is 0 Å². The number of hydrogen-bond acceptors (Lipinski definition) is 5. The molecule has 120 valence electrons. The van der Waals surface area contributed by atoms with E-state index in [1.807, 2.05) is 0 Å². The molecule has 0 spiro atoms. The molecule has 1 heterocycles. The summed E-state index contributed by atoms with van der Waals surface area (Å²) in [5, 5.41) is 8.97. The van der Waals surface area contributed by atoms with Crippen molar-refractivity contribution in [3.63, 3.8) is 0 Å². The van der Waals surface area contributed by atoms with Gasteiger partial charge < -0.3 is 25.4 Å². The number of piperidine rings is 1. The Morgan fingerprint density at radius 2 is 1.48 bits per heavy atom. The second kappa shape index (κ2) is 8.07. The molecule has 21 heavy (non-hydrogen) atoms. The number of methoxy groups -OCH3 is 1. The molecule has 2 amide bonds. The number of amides is 2. The maximum atomic E-state index is 11.8. The summed E-state index contributed by atoms with van der Waals surface area (Å²) in [6.07, 6.45) is 4.29. The van der Waals surface area contributed by atoms with E-state index in [0.717, 1.165) is 51.6 Å². The molecular weight excluding hydrogens is 274 g/mol. The molecular formula is C14H25N3O4. The maximum Gasteiger partial charge on any atom is 0.407 e. The molecule has 2 rings (SSSR count). The van der Waals surface area contributed by atoms with Crippen LogP contribution in [0.5, 0.6) is 0 Å². The summed E-state index contributed by atoms with van der Waals surface area (Å²) in [5.41, 5.74) is 0. The molecule has 0 radical (unpaired) electrons. The lowest BCUT2D eigenvalue weighted by Crippen LogP contribution is -2.44. The number of rotatable bonds is 3. The van der Waals surface area contributed by atoms with Crippen LogP contribution in [0.4, 0.5) is 9.59 Å². The van der Waals surface area contributed by atoms with E-state index in [1.54, 1.807) is 0 Å². The van der Waals surface area contributed by atoms with Gasteiger partial charge in [0.2, 0.25) is 0 Å². The van der Waals surface area contributed by atoms with Crippen LogP contribution >= 0.6 is 0 Å². The minimum absolute atomic E-state index is 0.0533. The smallest absolute Gasteiger partial charge is 0.407 e. The van der Waals surface area contributed by atoms with Gasteiger partial charge in [0, 0.05) is 12.1 Å². The number of alkyl carbamates (subject to hydrolysis) is 2. The highest BCUT2D eigenvalue weighted by molar-refractivity contribution is 5.68. The fourth-order valence-corrected chi connectivity index (χ4v) is 2.87. The highest BCUT2D eigenvalue weighted by atomic mass is 16.6. The Morgan fingerprint density at radius 3 is 2.10 bits per heavy atom. The van der Waals surface area contributed by atoms with Gasteiger partial charge in [-0.15, -0.1) is 0 Å². The van der Waals surface area contributed by atoms with Gasteiger partial charge in [0.05, 0.1) is 7.11 Å². The van der Waals surface area contributed by atoms with E-state index < -0.39 is 6.09 Å². The van der Waals surface area contributed by atoms with Gasteiger partial charge >= 0.3 is 12.2 Å². The lowest BCUT2D eigenvalue weighted by atomic mass is 9.93. The Morgan fingerprint density at radius 1 is 0.905 bits per heavy atom. The Labute approximate surface area is 125 Å². The third kappa shape index (κ3) is 5.41. The average molecular weight is 299 g/mol. The Kier molecular flexibility index (Phi) is 6.10. The standard InChI is InChI=1S/C14H25N3O4/c1-20-13(18)16-10-2-4-12(5-3-10)21-14(19)17-11-6-8-15-9-7-11/h10-12,15H,2-9H2,1H3,(H,16,18)(H,17,19). The van der Waals surface area contributed by atoms with Crippen LogP contribution in [0.25, 0.3) is 0 Å². The molecule has 1 aliphatic carbocycles. The predicted octanol–water partition coefficient (Wildman–Crippen LogP) is 1.13. The van der Waals surface area contributed by atoms with Crippen LogP contribution in [0.3, 0.4) is 0 Å². The quantitative estimate of drug-likeness (QED) is 0.727. The molecule has 7 heteroatoms. The van der Waals surface area contributed by atoms with E-state index in [-0.39, 0.29) is 24.3 Å². The zero-order chi connectivity index (χ0) is 15.1. The first-order chi connectivity index (χ1) is 10.2. The van der Waals surface area contributed by atoms with E-state index in [1.165, 1.54) is 7.11 Å². The monoisotopic (exact) mass is 299 g/mol. The second-order valence-electron chi connectivity index (χ2n) is 5.68. The predicted molar refractivity (Wildman–Crippen MR) is 77.1 cm³/mol. The van der Waals surface area contributed by atoms with E-state index in [2.05, 4.69) is 20.7 Å². The number of carbonyl (C=O) groups excluding carboxylic acids is 2. The van der Waals surface area contributed by atoms with Crippen molar-refractivity contribution in [1.82, 2.24) is 16.0 Å². The molecule has 2 aliphatic rings. The largest absolute Gasteiger partial charge is 0.453 e. The fourth-order valence-electron chi connectivity index (χ4n) is 2.87. The van der Waals surface area contributed by atoms with Crippen molar-refractivity contribution in [2.24, 2.45) is 0 Å². The molecule has 1 aliphatic heterocycles. The third-order valence-electron chi connectivity index (χ3n) is 4.12. The van der Waals surface area contributed by atoms with E-state index in [9.17, 15) is 9.59 Å². The summed E-state index contributed by atoms with van der Waals surface area (Å²) < 4.78 is 10.0. The number of ether oxygens (including phenoxy) is 2. The zero-order valence-electron chi connectivity index (χ0n) is 12.5. The highest BCUT2D eigenvalue weighted by Crippen LogP contribution is 2.21. The lowest BCUT2D eigenvalue weighted by molar-refractivity contribution is 0.0647. The van der Waals surface area contributed by atoms with Gasteiger partial charge in [-0.25, -0.2) is 9.59 Å². The molecule has 1 saturated carbocycles. The van der Waals surface area contributed by atoms with Crippen LogP contribution < -0.4 is 16.0 Å². The van der Waals surface area contributed by atoms with Crippen molar-refractivity contribution in [3.05, 3.63) is 0 Å². The molecule has 0 aromatic rings. The second-order valence-corrected chi connectivity index (χ2v) is 5.68. The van der Waals surface area contributed by atoms with Crippen molar-refractivity contribution in [2.45, 2.75) is 56.7 Å². The van der Waals surface area contributed by atoms with Gasteiger partial charge in [0.25, 0.3) is 0 Å². The van der Waals surface area contributed by atoms with Gasteiger partial charge in [-0.2, -0.15) is 0 Å². The van der Waals surface area contributed by atoms with E-state index >= 15 is 0 Å².